The average Bonchev–Trinajstić information content (AvgIpc) is 2.47. The lowest BCUT2D eigenvalue weighted by Gasteiger charge is -2.11. The Balaban J connectivity index is 2.43. The van der Waals surface area contributed by atoms with E-state index < -0.39 is 10.0 Å². The van der Waals surface area contributed by atoms with E-state index >= 15 is 0 Å². The van der Waals surface area contributed by atoms with Gasteiger partial charge in [-0.1, -0.05) is 0 Å². The number of methoxy groups -OCH3 is 2. The summed E-state index contributed by atoms with van der Waals surface area (Å²) >= 11 is 0. The third-order valence-corrected chi connectivity index (χ3v) is 3.80. The summed E-state index contributed by atoms with van der Waals surface area (Å²) in [7, 11) is -1.03. The first-order valence-electron chi connectivity index (χ1n) is 5.58. The van der Waals surface area contributed by atoms with Gasteiger partial charge in [-0.05, 0) is 18.2 Å². The molecule has 0 amide bonds. The highest BCUT2D eigenvalue weighted by Crippen LogP contribution is 2.29. The van der Waals surface area contributed by atoms with Gasteiger partial charge in [-0.3, -0.25) is 0 Å². The van der Waals surface area contributed by atoms with Crippen LogP contribution < -0.4 is 14.2 Å². The lowest BCUT2D eigenvalue weighted by Crippen LogP contribution is -2.16. The van der Waals surface area contributed by atoms with Crippen molar-refractivity contribution in [1.29, 1.82) is 0 Å². The predicted molar refractivity (Wildman–Crippen MR) is 72.4 cm³/mol. The molecule has 0 aliphatic carbocycles. The van der Waals surface area contributed by atoms with Crippen LogP contribution in [0.2, 0.25) is 0 Å². The van der Waals surface area contributed by atoms with Gasteiger partial charge in [-0.2, -0.15) is 0 Å². The quantitative estimate of drug-likeness (QED) is 0.894. The van der Waals surface area contributed by atoms with Crippen LogP contribution >= 0.6 is 0 Å². The van der Waals surface area contributed by atoms with Crippen molar-refractivity contribution in [3.8, 4) is 11.5 Å². The Kier molecular flexibility index (Phi) is 4.04. The molecule has 2 aromatic rings. The molecule has 1 aromatic heterocycles. The highest BCUT2D eigenvalue weighted by Gasteiger charge is 2.21. The van der Waals surface area contributed by atoms with E-state index in [4.69, 9.17) is 9.47 Å². The number of hydrogen-bond donors (Lipinski definition) is 1. The van der Waals surface area contributed by atoms with Crippen LogP contribution in [0.5, 0.6) is 11.5 Å². The second-order valence-electron chi connectivity index (χ2n) is 3.69. The highest BCUT2D eigenvalue weighted by atomic mass is 32.2. The number of rotatable bonds is 5. The Morgan fingerprint density at radius 3 is 2.40 bits per heavy atom. The van der Waals surface area contributed by atoms with Gasteiger partial charge in [0.2, 0.25) is 5.95 Å². The van der Waals surface area contributed by atoms with E-state index in [9.17, 15) is 8.42 Å². The lowest BCUT2D eigenvalue weighted by atomic mass is 10.3. The van der Waals surface area contributed by atoms with E-state index in [-0.39, 0.29) is 16.6 Å². The van der Waals surface area contributed by atoms with Crippen LogP contribution in [0.4, 0.5) is 5.95 Å². The fraction of sp³-hybridized carbons (Fsp3) is 0.167. The van der Waals surface area contributed by atoms with Crippen molar-refractivity contribution in [1.82, 2.24) is 9.97 Å². The number of benzene rings is 1. The van der Waals surface area contributed by atoms with E-state index in [1.807, 2.05) is 0 Å². The second-order valence-corrected chi connectivity index (χ2v) is 5.35. The van der Waals surface area contributed by atoms with Crippen LogP contribution in [0, 0.1) is 0 Å². The molecule has 0 spiro atoms. The molecule has 0 aliphatic heterocycles. The van der Waals surface area contributed by atoms with Crippen molar-refractivity contribution in [2.75, 3.05) is 18.9 Å². The summed E-state index contributed by atoms with van der Waals surface area (Å²) in [4.78, 5) is 7.58. The molecule has 0 radical (unpaired) electrons. The van der Waals surface area contributed by atoms with Crippen LogP contribution in [0.1, 0.15) is 0 Å². The summed E-state index contributed by atoms with van der Waals surface area (Å²) in [5.41, 5.74) is 0. The van der Waals surface area contributed by atoms with Gasteiger partial charge in [0.15, 0.2) is 0 Å². The van der Waals surface area contributed by atoms with E-state index in [0.717, 1.165) is 0 Å². The zero-order valence-electron chi connectivity index (χ0n) is 10.9. The summed E-state index contributed by atoms with van der Waals surface area (Å²) in [5, 5.41) is 0. The molecule has 1 N–H and O–H groups in total. The first-order valence-corrected chi connectivity index (χ1v) is 7.07. The number of nitrogens with one attached hydrogen (secondary N) is 1. The minimum Gasteiger partial charge on any atom is -0.497 e. The molecule has 1 aromatic carbocycles. The van der Waals surface area contributed by atoms with Crippen molar-refractivity contribution >= 4 is 16.0 Å². The normalized spacial score (nSPS) is 10.9. The fourth-order valence-electron chi connectivity index (χ4n) is 1.52. The smallest absolute Gasteiger partial charge is 0.268 e. The summed E-state index contributed by atoms with van der Waals surface area (Å²) in [6, 6.07) is 6.07. The summed E-state index contributed by atoms with van der Waals surface area (Å²) in [6.45, 7) is 0. The van der Waals surface area contributed by atoms with Crippen molar-refractivity contribution in [2.45, 2.75) is 4.90 Å². The monoisotopic (exact) mass is 295 g/mol. The van der Waals surface area contributed by atoms with Gasteiger partial charge in [0.05, 0.1) is 14.2 Å². The van der Waals surface area contributed by atoms with E-state index in [2.05, 4.69) is 14.7 Å². The van der Waals surface area contributed by atoms with Gasteiger partial charge >= 0.3 is 0 Å². The molecule has 7 nitrogen and oxygen atoms in total. The number of sulfonamides is 1. The maximum absolute atomic E-state index is 12.3. The number of hydrogen-bond acceptors (Lipinski definition) is 6. The number of nitrogens with zero attached hydrogens (tertiary/aromatic N) is 2. The molecule has 0 unspecified atom stereocenters. The van der Waals surface area contributed by atoms with Crippen molar-refractivity contribution in [3.05, 3.63) is 36.7 Å². The Labute approximate surface area is 116 Å². The lowest BCUT2D eigenvalue weighted by molar-refractivity contribution is 0.392. The third kappa shape index (κ3) is 2.97. The summed E-state index contributed by atoms with van der Waals surface area (Å²) < 4.78 is 37.0. The van der Waals surface area contributed by atoms with Crippen LogP contribution in [0.3, 0.4) is 0 Å². The SMILES string of the molecule is COc1ccc(OC)c(S(=O)(=O)Nc2ncccn2)c1. The topological polar surface area (TPSA) is 90.4 Å². The van der Waals surface area contributed by atoms with Gasteiger partial charge in [0, 0.05) is 18.5 Å². The molecular formula is C12H13N3O4S. The maximum Gasteiger partial charge on any atom is 0.268 e. The van der Waals surface area contributed by atoms with E-state index in [0.29, 0.717) is 5.75 Å². The average molecular weight is 295 g/mol. The van der Waals surface area contributed by atoms with E-state index in [1.54, 1.807) is 12.1 Å². The third-order valence-electron chi connectivity index (χ3n) is 2.45. The van der Waals surface area contributed by atoms with Crippen molar-refractivity contribution < 1.29 is 17.9 Å². The number of ether oxygens (including phenoxy) is 2. The Morgan fingerprint density at radius 1 is 1.10 bits per heavy atom. The molecule has 0 saturated heterocycles. The van der Waals surface area contributed by atoms with Crippen LogP contribution in [0.15, 0.2) is 41.6 Å². The zero-order valence-corrected chi connectivity index (χ0v) is 11.7. The highest BCUT2D eigenvalue weighted by molar-refractivity contribution is 7.92. The summed E-state index contributed by atoms with van der Waals surface area (Å²) in [6.07, 6.45) is 2.88. The molecule has 0 atom stereocenters. The molecule has 20 heavy (non-hydrogen) atoms. The Bertz CT molecular complexity index is 689. The van der Waals surface area contributed by atoms with Gasteiger partial charge in [-0.25, -0.2) is 23.1 Å². The largest absolute Gasteiger partial charge is 0.497 e. The molecule has 8 heteroatoms. The first-order chi connectivity index (χ1) is 9.56. The second kappa shape index (κ2) is 5.74. The standard InChI is InChI=1S/C12H13N3O4S/c1-18-9-4-5-10(19-2)11(8-9)20(16,17)15-12-13-6-3-7-14-12/h3-8H,1-2H3,(H,13,14,15). The maximum atomic E-state index is 12.3. The van der Waals surface area contributed by atoms with Gasteiger partial charge in [-0.15, -0.1) is 0 Å². The minimum absolute atomic E-state index is 0.0163. The van der Waals surface area contributed by atoms with Crippen LogP contribution in [0.25, 0.3) is 0 Å². The Morgan fingerprint density at radius 2 is 1.80 bits per heavy atom. The molecule has 0 saturated carbocycles. The number of anilines is 1. The molecule has 0 fully saturated rings. The molecule has 0 aliphatic rings. The van der Waals surface area contributed by atoms with Gasteiger partial charge in [0.25, 0.3) is 10.0 Å². The summed E-state index contributed by atoms with van der Waals surface area (Å²) in [5.74, 6) is 0.590. The van der Waals surface area contributed by atoms with Crippen molar-refractivity contribution in [2.24, 2.45) is 0 Å². The van der Waals surface area contributed by atoms with Crippen LogP contribution in [-0.4, -0.2) is 32.6 Å². The number of aromatic nitrogens is 2. The molecule has 2 rings (SSSR count). The fourth-order valence-corrected chi connectivity index (χ4v) is 2.66. The van der Waals surface area contributed by atoms with E-state index in [1.165, 1.54) is 38.7 Å². The zero-order chi connectivity index (χ0) is 14.6. The van der Waals surface area contributed by atoms with Crippen LogP contribution in [-0.2, 0) is 10.0 Å². The molecule has 0 bridgehead atoms. The predicted octanol–water partition coefficient (Wildman–Crippen LogP) is 1.29. The van der Waals surface area contributed by atoms with Gasteiger partial charge in [0.1, 0.15) is 16.4 Å². The molecule has 1 heterocycles. The first kappa shape index (κ1) is 14.1. The minimum atomic E-state index is -3.87. The molecule has 106 valence electrons. The molecular weight excluding hydrogens is 282 g/mol. The van der Waals surface area contributed by atoms with Crippen molar-refractivity contribution in [3.63, 3.8) is 0 Å². The van der Waals surface area contributed by atoms with Gasteiger partial charge < -0.3 is 9.47 Å². The Hall–Kier alpha value is -2.35.